The molecular formula is C23H25N2O3S. The molecular weight excluding hydrogens is 384 g/mol. The maximum absolute atomic E-state index is 13.5. The second-order valence-electron chi connectivity index (χ2n) is 8.23. The molecule has 3 rings (SSSR count). The molecule has 0 spiro atoms. The van der Waals surface area contributed by atoms with Crippen molar-refractivity contribution in [2.45, 2.75) is 42.4 Å². The van der Waals surface area contributed by atoms with Crippen LogP contribution in [-0.2, 0) is 31.7 Å². The summed E-state index contributed by atoms with van der Waals surface area (Å²) in [5.41, 5.74) is 8.75. The topological polar surface area (TPSA) is 93.0 Å². The van der Waals surface area contributed by atoms with Gasteiger partial charge in [-0.1, -0.05) is 57.2 Å². The Labute approximate surface area is 172 Å². The van der Waals surface area contributed by atoms with Crippen molar-refractivity contribution in [3.63, 3.8) is 0 Å². The van der Waals surface area contributed by atoms with E-state index in [1.165, 1.54) is 36.7 Å². The molecule has 1 unspecified atom stereocenters. The molecule has 0 saturated carbocycles. The molecule has 0 bridgehead atoms. The van der Waals surface area contributed by atoms with Gasteiger partial charge in [0.2, 0.25) is 9.84 Å². The summed E-state index contributed by atoms with van der Waals surface area (Å²) >= 11 is 0. The third-order valence-corrected chi connectivity index (χ3v) is 7.23. The van der Waals surface area contributed by atoms with Crippen LogP contribution in [-0.4, -0.2) is 13.4 Å². The number of rotatable bonds is 5. The summed E-state index contributed by atoms with van der Waals surface area (Å²) in [5, 5.41) is 11.9. The van der Waals surface area contributed by atoms with Crippen molar-refractivity contribution in [1.29, 1.82) is 0 Å². The fourth-order valence-electron chi connectivity index (χ4n) is 3.25. The fourth-order valence-corrected chi connectivity index (χ4v) is 4.93. The van der Waals surface area contributed by atoms with Crippen molar-refractivity contribution in [3.8, 4) is 5.75 Å². The van der Waals surface area contributed by atoms with Crippen molar-refractivity contribution in [2.24, 2.45) is 5.73 Å². The van der Waals surface area contributed by atoms with Crippen LogP contribution in [0.3, 0.4) is 0 Å². The van der Waals surface area contributed by atoms with Crippen LogP contribution in [0.15, 0.2) is 78.0 Å². The van der Waals surface area contributed by atoms with Gasteiger partial charge in [-0.3, -0.25) is 10.1 Å². The van der Waals surface area contributed by atoms with Gasteiger partial charge in [-0.25, -0.2) is 8.42 Å². The van der Waals surface area contributed by atoms with E-state index in [2.05, 4.69) is 25.8 Å². The molecule has 0 saturated heterocycles. The summed E-state index contributed by atoms with van der Waals surface area (Å²) in [6, 6.07) is 16.5. The van der Waals surface area contributed by atoms with Gasteiger partial charge in [0.15, 0.2) is 10.6 Å². The van der Waals surface area contributed by atoms with Gasteiger partial charge in [-0.15, -0.1) is 0 Å². The quantitative estimate of drug-likeness (QED) is 0.678. The lowest BCUT2D eigenvalue weighted by molar-refractivity contribution is 0.353. The average Bonchev–Trinajstić information content (AvgIpc) is 2.68. The molecule has 151 valence electrons. The smallest absolute Gasteiger partial charge is 0.203 e. The van der Waals surface area contributed by atoms with Crippen LogP contribution in [0.2, 0.25) is 0 Å². The van der Waals surface area contributed by atoms with Gasteiger partial charge in [0, 0.05) is 18.8 Å². The Balaban J connectivity index is 2.12. The standard InChI is InChI=1S/C23H25N2O3S/c1-22(2,3)18-11-9-17(10-12-18)15-23(24,19-6-4-7-20(26)14-19)29(27,28)21-8-5-13-25-16-21/h4-14,16H,15,24H2,1-3H3. The summed E-state index contributed by atoms with van der Waals surface area (Å²) in [6.07, 6.45) is 2.81. The van der Waals surface area contributed by atoms with Crippen molar-refractivity contribution < 1.29 is 13.5 Å². The SMILES string of the molecule is CC(C)(C)c1ccc(CC(N)(c2cccc([O])c2)S(=O)(=O)c2cccnc2)cc1. The Morgan fingerprint density at radius 1 is 0.931 bits per heavy atom. The van der Waals surface area contributed by atoms with Gasteiger partial charge in [0.1, 0.15) is 0 Å². The zero-order chi connectivity index (χ0) is 21.3. The first-order valence-electron chi connectivity index (χ1n) is 9.34. The Kier molecular flexibility index (Phi) is 5.52. The van der Waals surface area contributed by atoms with Gasteiger partial charge < -0.3 is 5.73 Å². The van der Waals surface area contributed by atoms with Crippen LogP contribution in [0.5, 0.6) is 5.75 Å². The molecule has 5 nitrogen and oxygen atoms in total. The molecule has 29 heavy (non-hydrogen) atoms. The first kappa shape index (κ1) is 21.0. The zero-order valence-electron chi connectivity index (χ0n) is 16.8. The summed E-state index contributed by atoms with van der Waals surface area (Å²) in [7, 11) is -4.03. The normalized spacial score (nSPS) is 14.3. The first-order chi connectivity index (χ1) is 13.5. The van der Waals surface area contributed by atoms with Crippen molar-refractivity contribution in [2.75, 3.05) is 0 Å². The molecule has 1 atom stereocenters. The number of aromatic nitrogens is 1. The lowest BCUT2D eigenvalue weighted by Gasteiger charge is -2.30. The maximum Gasteiger partial charge on any atom is 0.203 e. The molecule has 1 radical (unpaired) electrons. The third kappa shape index (κ3) is 4.18. The lowest BCUT2D eigenvalue weighted by Crippen LogP contribution is -2.46. The summed E-state index contributed by atoms with van der Waals surface area (Å²) in [6.45, 7) is 6.34. The molecule has 0 fully saturated rings. The molecule has 0 amide bonds. The number of pyridine rings is 1. The number of nitrogens with zero attached hydrogens (tertiary/aromatic N) is 1. The van der Waals surface area contributed by atoms with Crippen molar-refractivity contribution in [1.82, 2.24) is 4.98 Å². The lowest BCUT2D eigenvalue weighted by atomic mass is 9.86. The highest BCUT2D eigenvalue weighted by molar-refractivity contribution is 7.92. The number of sulfone groups is 1. The highest BCUT2D eigenvalue weighted by atomic mass is 32.2. The summed E-state index contributed by atoms with van der Waals surface area (Å²) in [5.74, 6) is -0.290. The van der Waals surface area contributed by atoms with Gasteiger partial charge in [0.05, 0.1) is 4.90 Å². The first-order valence-corrected chi connectivity index (χ1v) is 10.8. The van der Waals surface area contributed by atoms with E-state index >= 15 is 0 Å². The van der Waals surface area contributed by atoms with Crippen LogP contribution < -0.4 is 5.73 Å². The molecule has 0 aliphatic rings. The molecule has 1 aromatic heterocycles. The number of hydrogen-bond acceptors (Lipinski definition) is 4. The highest BCUT2D eigenvalue weighted by Crippen LogP contribution is 2.36. The number of benzene rings is 2. The van der Waals surface area contributed by atoms with Crippen molar-refractivity contribution >= 4 is 9.84 Å². The Hall–Kier alpha value is -2.70. The van der Waals surface area contributed by atoms with Crippen molar-refractivity contribution in [3.05, 3.63) is 89.7 Å². The Morgan fingerprint density at radius 3 is 2.17 bits per heavy atom. The average molecular weight is 410 g/mol. The molecule has 1 heterocycles. The van der Waals surface area contributed by atoms with Gasteiger partial charge in [-0.2, -0.15) is 0 Å². The highest BCUT2D eigenvalue weighted by Gasteiger charge is 2.43. The second kappa shape index (κ2) is 7.61. The van der Waals surface area contributed by atoms with E-state index in [0.29, 0.717) is 0 Å². The maximum atomic E-state index is 13.5. The van der Waals surface area contributed by atoms with E-state index in [9.17, 15) is 13.5 Å². The van der Waals surface area contributed by atoms with Gasteiger partial charge >= 0.3 is 0 Å². The molecule has 0 aliphatic carbocycles. The van der Waals surface area contributed by atoms with E-state index in [1.807, 2.05) is 24.3 Å². The second-order valence-corrected chi connectivity index (χ2v) is 10.4. The van der Waals surface area contributed by atoms with Crippen LogP contribution in [0, 0.1) is 0 Å². The van der Waals surface area contributed by atoms with E-state index in [-0.39, 0.29) is 28.0 Å². The Morgan fingerprint density at radius 2 is 1.62 bits per heavy atom. The number of hydrogen-bond donors (Lipinski definition) is 1. The zero-order valence-corrected chi connectivity index (χ0v) is 17.6. The predicted octanol–water partition coefficient (Wildman–Crippen LogP) is 4.35. The van der Waals surface area contributed by atoms with Crippen LogP contribution in [0.1, 0.15) is 37.5 Å². The Bertz CT molecular complexity index is 1090. The molecule has 0 aliphatic heterocycles. The monoisotopic (exact) mass is 409 g/mol. The third-order valence-electron chi connectivity index (χ3n) is 5.03. The van der Waals surface area contributed by atoms with E-state index < -0.39 is 14.7 Å². The predicted molar refractivity (Wildman–Crippen MR) is 113 cm³/mol. The molecule has 2 aromatic carbocycles. The minimum atomic E-state index is -4.03. The molecule has 6 heteroatoms. The fraction of sp³-hybridized carbons (Fsp3) is 0.261. The molecule has 3 aromatic rings. The minimum Gasteiger partial charge on any atom is -0.308 e. The van der Waals surface area contributed by atoms with Crippen LogP contribution in [0.25, 0.3) is 0 Å². The van der Waals surface area contributed by atoms with E-state index in [1.54, 1.807) is 12.1 Å². The summed E-state index contributed by atoms with van der Waals surface area (Å²) in [4.78, 5) is 2.14. The largest absolute Gasteiger partial charge is 0.308 e. The van der Waals surface area contributed by atoms with E-state index in [0.717, 1.165) is 11.1 Å². The molecule has 2 N–H and O–H groups in total. The minimum absolute atomic E-state index is 0.0169. The summed E-state index contributed by atoms with van der Waals surface area (Å²) < 4.78 is 27.1. The van der Waals surface area contributed by atoms with Gasteiger partial charge in [-0.05, 0) is 46.4 Å². The number of nitrogens with two attached hydrogens (primary N) is 1. The van der Waals surface area contributed by atoms with Gasteiger partial charge in [0.25, 0.3) is 0 Å². The van der Waals surface area contributed by atoms with E-state index in [4.69, 9.17) is 5.73 Å². The van der Waals surface area contributed by atoms with Crippen LogP contribution >= 0.6 is 0 Å². The van der Waals surface area contributed by atoms with Crippen LogP contribution in [0.4, 0.5) is 0 Å².